The molecule has 0 amide bonds. The lowest BCUT2D eigenvalue weighted by molar-refractivity contribution is 0.113. The average Bonchev–Trinajstić information content (AvgIpc) is 3.05. The second-order valence-corrected chi connectivity index (χ2v) is 11.3. The fourth-order valence-electron chi connectivity index (χ4n) is 6.61. The maximum Gasteiger partial charge on any atom is 0.133 e. The normalized spacial score (nSPS) is 24.4. The minimum atomic E-state index is -0.0462. The maximum absolute atomic E-state index is 6.81. The van der Waals surface area contributed by atoms with Gasteiger partial charge in [0.1, 0.15) is 5.84 Å². The number of hydrogen-bond donors (Lipinski definition) is 0. The van der Waals surface area contributed by atoms with Crippen LogP contribution >= 0.6 is 23.8 Å². The van der Waals surface area contributed by atoms with Crippen LogP contribution in [0.4, 0.5) is 11.4 Å². The molecule has 2 aliphatic heterocycles. The molecular weight excluding hydrogens is 458 g/mol. The summed E-state index contributed by atoms with van der Waals surface area (Å²) in [7, 11) is 0. The van der Waals surface area contributed by atoms with Gasteiger partial charge >= 0.3 is 0 Å². The van der Waals surface area contributed by atoms with E-state index in [0.717, 1.165) is 53.2 Å². The standard InChI is InChI=1S/C29H36ClN3S/c1-20-18-21(2)25(22(3)19-20)31-27-26(32-16-10-5-11-17-32)29(14-8-4-9-15-29)28(34)33(27)24-13-7-6-12-23(24)30/h6-7,12-13,18-19,26H,4-5,8-11,14-17H2,1-3H3/t26-/m0/s1. The van der Waals surface area contributed by atoms with E-state index in [1.165, 1.54) is 55.2 Å². The first-order valence-electron chi connectivity index (χ1n) is 12.9. The van der Waals surface area contributed by atoms with Crippen molar-refractivity contribution >= 4 is 46.0 Å². The Morgan fingerprint density at radius 1 is 0.912 bits per heavy atom. The van der Waals surface area contributed by atoms with Gasteiger partial charge in [-0.15, -0.1) is 0 Å². The van der Waals surface area contributed by atoms with Crippen molar-refractivity contribution in [2.75, 3.05) is 18.0 Å². The molecule has 1 spiro atoms. The van der Waals surface area contributed by atoms with Crippen molar-refractivity contribution in [1.82, 2.24) is 4.90 Å². The first-order chi connectivity index (χ1) is 16.4. The third-order valence-electron chi connectivity index (χ3n) is 8.08. The first-order valence-corrected chi connectivity index (χ1v) is 13.7. The summed E-state index contributed by atoms with van der Waals surface area (Å²) in [6.07, 6.45) is 9.86. The third-order valence-corrected chi connectivity index (χ3v) is 8.99. The number of para-hydroxylation sites is 1. The van der Waals surface area contributed by atoms with E-state index in [1.54, 1.807) is 0 Å². The van der Waals surface area contributed by atoms with E-state index in [-0.39, 0.29) is 11.5 Å². The number of amidine groups is 1. The van der Waals surface area contributed by atoms with Crippen molar-refractivity contribution in [2.45, 2.75) is 78.2 Å². The first kappa shape index (κ1) is 24.0. The van der Waals surface area contributed by atoms with Crippen molar-refractivity contribution in [1.29, 1.82) is 0 Å². The lowest BCUT2D eigenvalue weighted by Gasteiger charge is -2.44. The average molecular weight is 494 g/mol. The molecule has 1 aliphatic carbocycles. The number of piperidine rings is 1. The Hall–Kier alpha value is -1.75. The Morgan fingerprint density at radius 3 is 2.18 bits per heavy atom. The highest BCUT2D eigenvalue weighted by atomic mass is 35.5. The van der Waals surface area contributed by atoms with Crippen LogP contribution in [0.2, 0.25) is 5.02 Å². The second-order valence-electron chi connectivity index (χ2n) is 10.5. The van der Waals surface area contributed by atoms with Crippen LogP contribution < -0.4 is 4.90 Å². The molecule has 3 fully saturated rings. The van der Waals surface area contributed by atoms with Crippen molar-refractivity contribution < 1.29 is 0 Å². The molecule has 0 bridgehead atoms. The highest BCUT2D eigenvalue weighted by Gasteiger charge is 2.57. The molecule has 0 aromatic heterocycles. The lowest BCUT2D eigenvalue weighted by atomic mass is 9.69. The number of halogens is 1. The third kappa shape index (κ3) is 4.12. The van der Waals surface area contributed by atoms with Crippen molar-refractivity contribution in [3.05, 3.63) is 58.1 Å². The Morgan fingerprint density at radius 2 is 1.53 bits per heavy atom. The molecule has 3 nitrogen and oxygen atoms in total. The molecule has 0 radical (unpaired) electrons. The number of aliphatic imine (C=N–C) groups is 1. The molecule has 1 saturated carbocycles. The number of anilines is 1. The van der Waals surface area contributed by atoms with Gasteiger partial charge < -0.3 is 0 Å². The number of aryl methyl sites for hydroxylation is 3. The highest BCUT2D eigenvalue weighted by Crippen LogP contribution is 2.51. The molecule has 1 atom stereocenters. The summed E-state index contributed by atoms with van der Waals surface area (Å²) in [5, 5.41) is 0.736. The molecule has 2 aromatic carbocycles. The summed E-state index contributed by atoms with van der Waals surface area (Å²) in [6, 6.07) is 12.8. The number of benzene rings is 2. The zero-order valence-electron chi connectivity index (χ0n) is 20.7. The van der Waals surface area contributed by atoms with E-state index in [9.17, 15) is 0 Å². The molecule has 0 N–H and O–H groups in total. The SMILES string of the molecule is Cc1cc(C)c(N=C2[C@H](N3CCCCC3)C3(CCCCC3)C(=S)N2c2ccccc2Cl)c(C)c1. The fourth-order valence-corrected chi connectivity index (χ4v) is 7.34. The number of nitrogens with zero attached hydrogens (tertiary/aromatic N) is 3. The van der Waals surface area contributed by atoms with Crippen molar-refractivity contribution in [2.24, 2.45) is 10.4 Å². The van der Waals surface area contributed by atoms with Crippen LogP contribution in [0.25, 0.3) is 0 Å². The molecule has 34 heavy (non-hydrogen) atoms. The molecule has 5 rings (SSSR count). The van der Waals surface area contributed by atoms with Crippen LogP contribution in [-0.2, 0) is 0 Å². The summed E-state index contributed by atoms with van der Waals surface area (Å²) >= 11 is 13.2. The molecular formula is C29H36ClN3S. The van der Waals surface area contributed by atoms with Crippen LogP contribution in [0.15, 0.2) is 41.4 Å². The van der Waals surface area contributed by atoms with Gasteiger partial charge in [0.15, 0.2) is 0 Å². The van der Waals surface area contributed by atoms with Crippen LogP contribution in [0.3, 0.4) is 0 Å². The van der Waals surface area contributed by atoms with Gasteiger partial charge in [0.2, 0.25) is 0 Å². The Kier molecular flexibility index (Phi) is 6.85. The van der Waals surface area contributed by atoms with Gasteiger partial charge in [0.05, 0.1) is 27.4 Å². The molecule has 0 unspecified atom stereocenters. The fraction of sp³-hybridized carbons (Fsp3) is 0.517. The summed E-state index contributed by atoms with van der Waals surface area (Å²) in [5.74, 6) is 1.08. The van der Waals surface area contributed by atoms with Crippen molar-refractivity contribution in [3.8, 4) is 0 Å². The summed E-state index contributed by atoms with van der Waals surface area (Å²) in [6.45, 7) is 8.76. The highest BCUT2D eigenvalue weighted by molar-refractivity contribution is 7.80. The second kappa shape index (κ2) is 9.72. The van der Waals surface area contributed by atoms with Gasteiger partial charge in [-0.2, -0.15) is 0 Å². The molecule has 5 heteroatoms. The van der Waals surface area contributed by atoms with E-state index in [1.807, 2.05) is 12.1 Å². The van der Waals surface area contributed by atoms with Gasteiger partial charge in [-0.1, -0.05) is 79.3 Å². The number of likely N-dealkylation sites (tertiary alicyclic amines) is 1. The Bertz CT molecular complexity index is 1090. The van der Waals surface area contributed by atoms with E-state index in [0.29, 0.717) is 0 Å². The van der Waals surface area contributed by atoms with Crippen LogP contribution in [0.5, 0.6) is 0 Å². The zero-order chi connectivity index (χ0) is 23.9. The van der Waals surface area contributed by atoms with E-state index in [4.69, 9.17) is 28.8 Å². The van der Waals surface area contributed by atoms with Gasteiger partial charge in [-0.25, -0.2) is 4.99 Å². The number of hydrogen-bond acceptors (Lipinski definition) is 3. The van der Waals surface area contributed by atoms with Crippen molar-refractivity contribution in [3.63, 3.8) is 0 Å². The maximum atomic E-state index is 6.81. The predicted molar refractivity (Wildman–Crippen MR) is 149 cm³/mol. The van der Waals surface area contributed by atoms with Gasteiger partial charge in [-0.3, -0.25) is 9.80 Å². The van der Waals surface area contributed by atoms with Gasteiger partial charge in [-0.05, 0) is 82.8 Å². The molecule has 2 heterocycles. The van der Waals surface area contributed by atoms with Gasteiger partial charge in [0, 0.05) is 5.41 Å². The zero-order valence-corrected chi connectivity index (χ0v) is 22.3. The Balaban J connectivity index is 1.75. The minimum Gasteiger partial charge on any atom is -0.293 e. The van der Waals surface area contributed by atoms with E-state index in [2.05, 4.69) is 54.8 Å². The van der Waals surface area contributed by atoms with E-state index >= 15 is 0 Å². The molecule has 2 saturated heterocycles. The van der Waals surface area contributed by atoms with Crippen LogP contribution in [-0.4, -0.2) is 34.9 Å². The smallest absolute Gasteiger partial charge is 0.133 e. The summed E-state index contributed by atoms with van der Waals surface area (Å²) < 4.78 is 0. The minimum absolute atomic E-state index is 0.0462. The number of thiocarbonyl (C=S) groups is 1. The molecule has 3 aliphatic rings. The van der Waals surface area contributed by atoms with Gasteiger partial charge in [0.25, 0.3) is 0 Å². The molecule has 2 aromatic rings. The number of rotatable bonds is 3. The summed E-state index contributed by atoms with van der Waals surface area (Å²) in [5.41, 5.74) is 5.72. The quantitative estimate of drug-likeness (QED) is 0.404. The monoisotopic (exact) mass is 493 g/mol. The molecule has 180 valence electrons. The topological polar surface area (TPSA) is 18.8 Å². The Labute approximate surface area is 215 Å². The lowest BCUT2D eigenvalue weighted by Crippen LogP contribution is -2.52. The van der Waals surface area contributed by atoms with Crippen LogP contribution in [0, 0.1) is 26.2 Å². The van der Waals surface area contributed by atoms with E-state index < -0.39 is 0 Å². The predicted octanol–water partition coefficient (Wildman–Crippen LogP) is 7.95. The van der Waals surface area contributed by atoms with Crippen LogP contribution in [0.1, 0.15) is 68.1 Å². The summed E-state index contributed by atoms with van der Waals surface area (Å²) in [4.78, 5) is 11.5. The largest absolute Gasteiger partial charge is 0.293 e.